The maximum Gasteiger partial charge on any atom is 0.250 e. The standard InChI is InChI=1S/C15H14BrFN2O2/c1-10-2-4-12(17)8-13(10)18-14(20)6-7-19-9-11(16)3-5-15(19)21/h2-5,8-9H,6-7H2,1H3,(H,18,20). The molecule has 0 fully saturated rings. The zero-order chi connectivity index (χ0) is 15.4. The maximum atomic E-state index is 13.1. The van der Waals surface area contributed by atoms with Gasteiger partial charge in [0.15, 0.2) is 0 Å². The third-order valence-electron chi connectivity index (χ3n) is 3.00. The number of aryl methyl sites for hydroxylation is 2. The van der Waals surface area contributed by atoms with Gasteiger partial charge in [-0.2, -0.15) is 0 Å². The molecule has 0 unspecified atom stereocenters. The molecule has 0 bridgehead atoms. The molecule has 0 saturated carbocycles. The van der Waals surface area contributed by atoms with Gasteiger partial charge in [0.25, 0.3) is 5.56 Å². The Bertz CT molecular complexity index is 728. The van der Waals surface area contributed by atoms with Gasteiger partial charge in [-0.05, 0) is 46.6 Å². The van der Waals surface area contributed by atoms with Crippen molar-refractivity contribution in [3.05, 3.63) is 62.7 Å². The van der Waals surface area contributed by atoms with Crippen LogP contribution in [0.25, 0.3) is 0 Å². The van der Waals surface area contributed by atoms with Crippen LogP contribution in [0.3, 0.4) is 0 Å². The fraction of sp³-hybridized carbons (Fsp3) is 0.200. The molecule has 1 N–H and O–H groups in total. The van der Waals surface area contributed by atoms with Crippen LogP contribution in [0.2, 0.25) is 0 Å². The predicted octanol–water partition coefficient (Wildman–Crippen LogP) is 3.09. The number of benzene rings is 1. The molecule has 2 rings (SSSR count). The molecule has 0 radical (unpaired) electrons. The molecule has 6 heteroatoms. The molecule has 1 aromatic carbocycles. The molecule has 0 spiro atoms. The number of aromatic nitrogens is 1. The summed E-state index contributed by atoms with van der Waals surface area (Å²) in [6.45, 7) is 2.05. The van der Waals surface area contributed by atoms with E-state index in [1.807, 2.05) is 0 Å². The van der Waals surface area contributed by atoms with Crippen LogP contribution in [0.5, 0.6) is 0 Å². The first-order valence-corrected chi connectivity index (χ1v) is 7.17. The lowest BCUT2D eigenvalue weighted by Crippen LogP contribution is -2.22. The Labute approximate surface area is 129 Å². The molecule has 110 valence electrons. The Hall–Kier alpha value is -1.95. The zero-order valence-corrected chi connectivity index (χ0v) is 13.0. The molecular formula is C15H14BrFN2O2. The van der Waals surface area contributed by atoms with E-state index in [0.29, 0.717) is 5.69 Å². The predicted molar refractivity (Wildman–Crippen MR) is 82.8 cm³/mol. The summed E-state index contributed by atoms with van der Waals surface area (Å²) in [5.41, 5.74) is 1.05. The highest BCUT2D eigenvalue weighted by atomic mass is 79.9. The number of pyridine rings is 1. The van der Waals surface area contributed by atoms with Crippen LogP contribution in [0.4, 0.5) is 10.1 Å². The monoisotopic (exact) mass is 352 g/mol. The number of carbonyl (C=O) groups excluding carboxylic acids is 1. The van der Waals surface area contributed by atoms with Gasteiger partial charge in [0.2, 0.25) is 5.91 Å². The van der Waals surface area contributed by atoms with Crippen LogP contribution in [-0.2, 0) is 11.3 Å². The van der Waals surface area contributed by atoms with Gasteiger partial charge in [0.05, 0.1) is 0 Å². The van der Waals surface area contributed by atoms with Gasteiger partial charge in [0, 0.05) is 35.4 Å². The number of hydrogen-bond donors (Lipinski definition) is 1. The van der Waals surface area contributed by atoms with Crippen molar-refractivity contribution >= 4 is 27.5 Å². The van der Waals surface area contributed by atoms with Crippen molar-refractivity contribution in [2.75, 3.05) is 5.32 Å². The van der Waals surface area contributed by atoms with Crippen LogP contribution in [0, 0.1) is 12.7 Å². The summed E-state index contributed by atoms with van der Waals surface area (Å²) in [7, 11) is 0. The Morgan fingerprint density at radius 1 is 1.33 bits per heavy atom. The van der Waals surface area contributed by atoms with Gasteiger partial charge >= 0.3 is 0 Å². The highest BCUT2D eigenvalue weighted by Crippen LogP contribution is 2.16. The molecule has 0 aliphatic carbocycles. The van der Waals surface area contributed by atoms with Crippen LogP contribution < -0.4 is 10.9 Å². The fourth-order valence-corrected chi connectivity index (χ4v) is 2.22. The number of rotatable bonds is 4. The first kappa shape index (κ1) is 15.4. The Morgan fingerprint density at radius 3 is 2.86 bits per heavy atom. The van der Waals surface area contributed by atoms with E-state index in [4.69, 9.17) is 0 Å². The molecule has 1 aromatic heterocycles. The molecule has 2 aromatic rings. The molecule has 4 nitrogen and oxygen atoms in total. The second-order valence-electron chi connectivity index (χ2n) is 4.64. The topological polar surface area (TPSA) is 51.1 Å². The smallest absolute Gasteiger partial charge is 0.250 e. The van der Waals surface area contributed by atoms with E-state index in [2.05, 4.69) is 21.2 Å². The van der Waals surface area contributed by atoms with Gasteiger partial charge in [-0.15, -0.1) is 0 Å². The number of nitrogens with one attached hydrogen (secondary N) is 1. The summed E-state index contributed by atoms with van der Waals surface area (Å²) in [6, 6.07) is 7.29. The van der Waals surface area contributed by atoms with Gasteiger partial charge in [-0.25, -0.2) is 4.39 Å². The highest BCUT2D eigenvalue weighted by molar-refractivity contribution is 9.10. The number of anilines is 1. The van der Waals surface area contributed by atoms with Gasteiger partial charge < -0.3 is 9.88 Å². The van der Waals surface area contributed by atoms with E-state index >= 15 is 0 Å². The number of halogens is 2. The van der Waals surface area contributed by atoms with E-state index < -0.39 is 5.82 Å². The summed E-state index contributed by atoms with van der Waals surface area (Å²) in [6.07, 6.45) is 1.76. The lowest BCUT2D eigenvalue weighted by Gasteiger charge is -2.09. The third-order valence-corrected chi connectivity index (χ3v) is 3.47. The number of nitrogens with zero attached hydrogens (tertiary/aromatic N) is 1. The Balaban J connectivity index is 2.01. The van der Waals surface area contributed by atoms with Crippen molar-refractivity contribution in [2.24, 2.45) is 0 Å². The Morgan fingerprint density at radius 2 is 2.10 bits per heavy atom. The van der Waals surface area contributed by atoms with Crippen molar-refractivity contribution < 1.29 is 9.18 Å². The number of amides is 1. The van der Waals surface area contributed by atoms with Crippen molar-refractivity contribution in [1.29, 1.82) is 0 Å². The van der Waals surface area contributed by atoms with Crippen molar-refractivity contribution in [3.8, 4) is 0 Å². The summed E-state index contributed by atoms with van der Waals surface area (Å²) in [5.74, 6) is -0.672. The van der Waals surface area contributed by atoms with Crippen LogP contribution in [-0.4, -0.2) is 10.5 Å². The molecule has 0 saturated heterocycles. The Kier molecular flexibility index (Phi) is 4.90. The molecule has 1 heterocycles. The van der Waals surface area contributed by atoms with E-state index in [0.717, 1.165) is 10.0 Å². The van der Waals surface area contributed by atoms with E-state index in [-0.39, 0.29) is 24.4 Å². The third kappa shape index (κ3) is 4.26. The largest absolute Gasteiger partial charge is 0.326 e. The maximum absolute atomic E-state index is 13.1. The summed E-state index contributed by atoms with van der Waals surface area (Å²) in [5, 5.41) is 2.65. The first-order valence-electron chi connectivity index (χ1n) is 6.38. The average molecular weight is 353 g/mol. The molecule has 0 aliphatic rings. The normalized spacial score (nSPS) is 10.4. The van der Waals surface area contributed by atoms with E-state index in [9.17, 15) is 14.0 Å². The van der Waals surface area contributed by atoms with E-state index in [1.165, 1.54) is 22.8 Å². The molecule has 1 amide bonds. The lowest BCUT2D eigenvalue weighted by molar-refractivity contribution is -0.116. The van der Waals surface area contributed by atoms with Crippen LogP contribution in [0.15, 0.2) is 45.8 Å². The quantitative estimate of drug-likeness (QED) is 0.919. The molecule has 21 heavy (non-hydrogen) atoms. The molecule has 0 atom stereocenters. The first-order chi connectivity index (χ1) is 9.95. The highest BCUT2D eigenvalue weighted by Gasteiger charge is 2.07. The minimum Gasteiger partial charge on any atom is -0.326 e. The summed E-state index contributed by atoms with van der Waals surface area (Å²) < 4.78 is 15.4. The van der Waals surface area contributed by atoms with Gasteiger partial charge in [-0.3, -0.25) is 9.59 Å². The summed E-state index contributed by atoms with van der Waals surface area (Å²) >= 11 is 3.27. The van der Waals surface area contributed by atoms with Crippen molar-refractivity contribution in [2.45, 2.75) is 19.9 Å². The average Bonchev–Trinajstić information content (AvgIpc) is 2.44. The second-order valence-corrected chi connectivity index (χ2v) is 5.55. The van der Waals surface area contributed by atoms with Gasteiger partial charge in [0.1, 0.15) is 5.82 Å². The van der Waals surface area contributed by atoms with Crippen LogP contribution >= 0.6 is 15.9 Å². The zero-order valence-electron chi connectivity index (χ0n) is 11.4. The van der Waals surface area contributed by atoms with E-state index in [1.54, 1.807) is 25.3 Å². The lowest BCUT2D eigenvalue weighted by atomic mass is 10.2. The second kappa shape index (κ2) is 6.67. The SMILES string of the molecule is Cc1ccc(F)cc1NC(=O)CCn1cc(Br)ccc1=O. The van der Waals surface area contributed by atoms with Crippen molar-refractivity contribution in [3.63, 3.8) is 0 Å². The molecule has 0 aliphatic heterocycles. The summed E-state index contributed by atoms with van der Waals surface area (Å²) in [4.78, 5) is 23.5. The molecular weight excluding hydrogens is 339 g/mol. The van der Waals surface area contributed by atoms with Crippen LogP contribution in [0.1, 0.15) is 12.0 Å². The fourth-order valence-electron chi connectivity index (χ4n) is 1.84. The number of carbonyl (C=O) groups is 1. The minimum absolute atomic E-state index is 0.131. The van der Waals surface area contributed by atoms with Gasteiger partial charge in [-0.1, -0.05) is 6.07 Å². The van der Waals surface area contributed by atoms with Crippen molar-refractivity contribution in [1.82, 2.24) is 4.57 Å². The minimum atomic E-state index is -0.404. The number of hydrogen-bond acceptors (Lipinski definition) is 2.